The number of nitrogens with one attached hydrogen (secondary N) is 1. The van der Waals surface area contributed by atoms with Crippen molar-refractivity contribution >= 4 is 17.9 Å². The maximum Gasteiger partial charge on any atom is 0.251 e. The van der Waals surface area contributed by atoms with Crippen molar-refractivity contribution in [3.63, 3.8) is 0 Å². The molecule has 1 heterocycles. The van der Waals surface area contributed by atoms with Gasteiger partial charge in [0, 0.05) is 51.3 Å². The van der Waals surface area contributed by atoms with Gasteiger partial charge in [-0.3, -0.25) is 14.5 Å². The Morgan fingerprint density at radius 1 is 0.966 bits per heavy atom. The lowest BCUT2D eigenvalue weighted by molar-refractivity contribution is -0.132. The van der Waals surface area contributed by atoms with Gasteiger partial charge in [0.05, 0.1) is 0 Å². The van der Waals surface area contributed by atoms with E-state index in [-0.39, 0.29) is 11.8 Å². The van der Waals surface area contributed by atoms with E-state index in [0.717, 1.165) is 38.3 Å². The van der Waals surface area contributed by atoms with Crippen LogP contribution in [0.4, 0.5) is 0 Å². The number of benzene rings is 2. The van der Waals surface area contributed by atoms with E-state index in [1.807, 2.05) is 48.2 Å². The number of amides is 2. The van der Waals surface area contributed by atoms with Crippen LogP contribution in [0.25, 0.3) is 6.08 Å². The minimum atomic E-state index is -0.120. The lowest BCUT2D eigenvalue weighted by Gasteiger charge is -2.34. The van der Waals surface area contributed by atoms with Gasteiger partial charge in [-0.15, -0.1) is 0 Å². The normalized spacial score (nSPS) is 14.9. The molecule has 29 heavy (non-hydrogen) atoms. The zero-order valence-electron chi connectivity index (χ0n) is 17.0. The monoisotopic (exact) mass is 391 g/mol. The van der Waals surface area contributed by atoms with Gasteiger partial charge in [-0.2, -0.15) is 0 Å². The molecule has 1 N–H and O–H groups in total. The van der Waals surface area contributed by atoms with Crippen LogP contribution in [0.15, 0.2) is 60.7 Å². The van der Waals surface area contributed by atoms with Crippen LogP contribution in [-0.2, 0) is 4.79 Å². The third kappa shape index (κ3) is 6.29. The molecule has 2 amide bonds. The maximum atomic E-state index is 12.4. The predicted molar refractivity (Wildman–Crippen MR) is 117 cm³/mol. The van der Waals surface area contributed by atoms with E-state index in [4.69, 9.17) is 0 Å². The molecule has 0 radical (unpaired) electrons. The lowest BCUT2D eigenvalue weighted by atomic mass is 10.1. The maximum absolute atomic E-state index is 12.4. The number of piperazine rings is 1. The molecule has 1 saturated heterocycles. The van der Waals surface area contributed by atoms with Gasteiger partial charge in [0.1, 0.15) is 0 Å². The van der Waals surface area contributed by atoms with Crippen molar-refractivity contribution in [3.05, 3.63) is 77.4 Å². The van der Waals surface area contributed by atoms with Gasteiger partial charge in [-0.05, 0) is 24.1 Å². The van der Waals surface area contributed by atoms with Crippen molar-refractivity contribution in [2.45, 2.75) is 13.3 Å². The van der Waals surface area contributed by atoms with Gasteiger partial charge in [0.25, 0.3) is 5.91 Å². The molecule has 5 nitrogen and oxygen atoms in total. The summed E-state index contributed by atoms with van der Waals surface area (Å²) in [4.78, 5) is 28.9. The summed E-state index contributed by atoms with van der Waals surface area (Å²) in [6, 6.07) is 17.7. The average molecular weight is 392 g/mol. The number of aryl methyl sites for hydroxylation is 1. The molecule has 0 aromatic heterocycles. The van der Waals surface area contributed by atoms with E-state index in [1.54, 1.807) is 6.07 Å². The van der Waals surface area contributed by atoms with Gasteiger partial charge < -0.3 is 10.2 Å². The number of rotatable bonds is 7. The smallest absolute Gasteiger partial charge is 0.251 e. The fourth-order valence-electron chi connectivity index (χ4n) is 3.45. The Morgan fingerprint density at radius 2 is 1.66 bits per heavy atom. The third-order valence-corrected chi connectivity index (χ3v) is 5.21. The first-order valence-corrected chi connectivity index (χ1v) is 10.2. The second-order valence-electron chi connectivity index (χ2n) is 7.32. The van der Waals surface area contributed by atoms with Gasteiger partial charge in [-0.25, -0.2) is 0 Å². The molecule has 5 heteroatoms. The molecule has 0 atom stereocenters. The van der Waals surface area contributed by atoms with Crippen molar-refractivity contribution in [3.8, 4) is 0 Å². The highest BCUT2D eigenvalue weighted by Gasteiger charge is 2.20. The van der Waals surface area contributed by atoms with Gasteiger partial charge in [0.2, 0.25) is 5.91 Å². The molecule has 152 valence electrons. The van der Waals surface area contributed by atoms with Crippen LogP contribution < -0.4 is 5.32 Å². The van der Waals surface area contributed by atoms with Gasteiger partial charge in [-0.1, -0.05) is 60.7 Å². The van der Waals surface area contributed by atoms with Crippen LogP contribution in [0, 0.1) is 6.92 Å². The summed E-state index contributed by atoms with van der Waals surface area (Å²) in [5.41, 5.74) is 2.81. The second kappa shape index (κ2) is 10.6. The SMILES string of the molecule is Cc1ccccc1C(=O)NCCC(=O)N1CCN(C/C=C/c2ccccc2)CC1. The number of hydrogen-bond acceptors (Lipinski definition) is 3. The molecule has 3 rings (SSSR count). The molecule has 0 aliphatic carbocycles. The first kappa shape index (κ1) is 20.8. The highest BCUT2D eigenvalue weighted by molar-refractivity contribution is 5.95. The average Bonchev–Trinajstić information content (AvgIpc) is 2.75. The molecular weight excluding hydrogens is 362 g/mol. The zero-order chi connectivity index (χ0) is 20.5. The molecule has 0 unspecified atom stereocenters. The second-order valence-corrected chi connectivity index (χ2v) is 7.32. The van der Waals surface area contributed by atoms with Crippen LogP contribution in [0.3, 0.4) is 0 Å². The molecule has 1 aliphatic heterocycles. The predicted octanol–water partition coefficient (Wildman–Crippen LogP) is 2.97. The van der Waals surface area contributed by atoms with Crippen molar-refractivity contribution in [2.75, 3.05) is 39.3 Å². The van der Waals surface area contributed by atoms with E-state index in [0.29, 0.717) is 18.5 Å². The van der Waals surface area contributed by atoms with Gasteiger partial charge in [0.15, 0.2) is 0 Å². The molecular formula is C24H29N3O2. The largest absolute Gasteiger partial charge is 0.352 e. The highest BCUT2D eigenvalue weighted by atomic mass is 16.2. The Labute approximate surface area is 173 Å². The van der Waals surface area contributed by atoms with E-state index < -0.39 is 0 Å². The zero-order valence-corrected chi connectivity index (χ0v) is 17.0. The van der Waals surface area contributed by atoms with Crippen molar-refractivity contribution in [2.24, 2.45) is 0 Å². The summed E-state index contributed by atoms with van der Waals surface area (Å²) in [6.45, 7) is 6.40. The summed E-state index contributed by atoms with van der Waals surface area (Å²) in [5, 5.41) is 2.86. The Hall–Kier alpha value is -2.92. The Balaban J connectivity index is 1.35. The quantitative estimate of drug-likeness (QED) is 0.790. The minimum Gasteiger partial charge on any atom is -0.352 e. The summed E-state index contributed by atoms with van der Waals surface area (Å²) >= 11 is 0. The van der Waals surface area contributed by atoms with Crippen LogP contribution >= 0.6 is 0 Å². The third-order valence-electron chi connectivity index (χ3n) is 5.21. The van der Waals surface area contributed by atoms with Crippen molar-refractivity contribution in [1.29, 1.82) is 0 Å². The first-order valence-electron chi connectivity index (χ1n) is 10.2. The highest BCUT2D eigenvalue weighted by Crippen LogP contribution is 2.08. The Kier molecular flexibility index (Phi) is 7.59. The number of hydrogen-bond donors (Lipinski definition) is 1. The Bertz CT molecular complexity index is 840. The van der Waals surface area contributed by atoms with Crippen LogP contribution in [0.1, 0.15) is 27.9 Å². The van der Waals surface area contributed by atoms with E-state index in [1.165, 1.54) is 5.56 Å². The fraction of sp³-hybridized carbons (Fsp3) is 0.333. The summed E-state index contributed by atoms with van der Waals surface area (Å²) in [5.74, 6) is -0.0134. The summed E-state index contributed by atoms with van der Waals surface area (Å²) in [6.07, 6.45) is 4.65. The van der Waals surface area contributed by atoms with Gasteiger partial charge >= 0.3 is 0 Å². The van der Waals surface area contributed by atoms with E-state index >= 15 is 0 Å². The van der Waals surface area contributed by atoms with Crippen LogP contribution in [-0.4, -0.2) is 60.9 Å². The molecule has 0 saturated carbocycles. The number of carbonyl (C=O) groups excluding carboxylic acids is 2. The standard InChI is InChI=1S/C24H29N3O2/c1-20-8-5-6-12-22(20)24(29)25-14-13-23(28)27-18-16-26(17-19-27)15-7-11-21-9-3-2-4-10-21/h2-12H,13-19H2,1H3,(H,25,29)/b11-7+. The van der Waals surface area contributed by atoms with Crippen molar-refractivity contribution < 1.29 is 9.59 Å². The van der Waals surface area contributed by atoms with E-state index in [2.05, 4.69) is 34.5 Å². The van der Waals surface area contributed by atoms with E-state index in [9.17, 15) is 9.59 Å². The molecule has 2 aromatic rings. The van der Waals surface area contributed by atoms with Crippen molar-refractivity contribution in [1.82, 2.24) is 15.1 Å². The summed E-state index contributed by atoms with van der Waals surface area (Å²) in [7, 11) is 0. The molecule has 0 spiro atoms. The molecule has 0 bridgehead atoms. The van der Waals surface area contributed by atoms with Crippen LogP contribution in [0.5, 0.6) is 0 Å². The molecule has 2 aromatic carbocycles. The topological polar surface area (TPSA) is 52.7 Å². The number of nitrogens with zero attached hydrogens (tertiary/aromatic N) is 2. The minimum absolute atomic E-state index is 0.106. The number of carbonyl (C=O) groups is 2. The summed E-state index contributed by atoms with van der Waals surface area (Å²) < 4.78 is 0. The fourth-order valence-corrected chi connectivity index (χ4v) is 3.45. The lowest BCUT2D eigenvalue weighted by Crippen LogP contribution is -2.49. The Morgan fingerprint density at radius 3 is 2.38 bits per heavy atom. The van der Waals surface area contributed by atoms with Crippen LogP contribution in [0.2, 0.25) is 0 Å². The molecule has 1 fully saturated rings. The molecule has 1 aliphatic rings. The first-order chi connectivity index (χ1) is 14.1.